The molecule has 0 saturated heterocycles. The van der Waals surface area contributed by atoms with Gasteiger partial charge in [-0.05, 0) is 48.4 Å². The Kier molecular flexibility index (Phi) is 6.58. The molecular weight excluding hydrogens is 463 g/mol. The highest BCUT2D eigenvalue weighted by Crippen LogP contribution is 2.24. The van der Waals surface area contributed by atoms with Crippen LogP contribution in [-0.4, -0.2) is 25.5 Å². The minimum absolute atomic E-state index is 0.0798. The number of nitrogens with one attached hydrogen (secondary N) is 1. The fourth-order valence-corrected chi connectivity index (χ4v) is 2.80. The van der Waals surface area contributed by atoms with E-state index in [1.165, 1.54) is 24.3 Å². The number of carboxylic acids is 1. The Balaban J connectivity index is 2.00. The van der Waals surface area contributed by atoms with Crippen molar-refractivity contribution in [2.24, 2.45) is 5.14 Å². The SMILES string of the molecule is NS(=O)(=O)Oc1ccc(Oc2ccc(C[C@H](NI)C(=O)O)cc2)cc1. The minimum atomic E-state index is -4.06. The van der Waals surface area contributed by atoms with Crippen LogP contribution in [0.4, 0.5) is 0 Å². The van der Waals surface area contributed by atoms with Crippen molar-refractivity contribution in [2.45, 2.75) is 12.5 Å². The van der Waals surface area contributed by atoms with E-state index in [0.717, 1.165) is 5.56 Å². The summed E-state index contributed by atoms with van der Waals surface area (Å²) in [5.74, 6) is 0.192. The zero-order valence-electron chi connectivity index (χ0n) is 12.8. The van der Waals surface area contributed by atoms with E-state index in [2.05, 4.69) is 7.71 Å². The van der Waals surface area contributed by atoms with Crippen molar-refractivity contribution < 1.29 is 27.2 Å². The summed E-state index contributed by atoms with van der Waals surface area (Å²) in [5.41, 5.74) is 0.848. The third-order valence-electron chi connectivity index (χ3n) is 3.06. The molecule has 25 heavy (non-hydrogen) atoms. The van der Waals surface area contributed by atoms with Gasteiger partial charge in [-0.2, -0.15) is 13.6 Å². The summed E-state index contributed by atoms with van der Waals surface area (Å²) in [6, 6.07) is 12.2. The lowest BCUT2D eigenvalue weighted by molar-refractivity contribution is -0.138. The second-order valence-corrected chi connectivity index (χ2v) is 6.77. The standard InChI is InChI=1S/C15H15IN2O6S/c16-18-14(15(19)20)9-10-1-3-11(4-2-10)23-12-5-7-13(8-6-12)24-25(17,21)22/h1-8,14,18H,9H2,(H,19,20)(H2,17,21,22)/t14-/m0/s1. The molecule has 4 N–H and O–H groups in total. The second-order valence-electron chi connectivity index (χ2n) is 5.00. The molecule has 134 valence electrons. The van der Waals surface area contributed by atoms with Crippen LogP contribution in [-0.2, 0) is 21.5 Å². The van der Waals surface area contributed by atoms with Gasteiger partial charge in [0.2, 0.25) is 0 Å². The number of ether oxygens (including phenoxy) is 1. The molecule has 0 aliphatic carbocycles. The normalized spacial score (nSPS) is 12.4. The van der Waals surface area contributed by atoms with Crippen molar-refractivity contribution in [3.05, 3.63) is 54.1 Å². The number of halogens is 1. The molecule has 0 radical (unpaired) electrons. The topological polar surface area (TPSA) is 128 Å². The first kappa shape index (κ1) is 19.4. The first-order valence-electron chi connectivity index (χ1n) is 6.95. The summed E-state index contributed by atoms with van der Waals surface area (Å²) in [6.45, 7) is 0. The van der Waals surface area contributed by atoms with E-state index in [1.807, 2.05) is 22.9 Å². The van der Waals surface area contributed by atoms with Gasteiger partial charge < -0.3 is 14.0 Å². The second kappa shape index (κ2) is 8.47. The summed E-state index contributed by atoms with van der Waals surface area (Å²) in [7, 11) is -4.06. The highest BCUT2D eigenvalue weighted by molar-refractivity contribution is 14.1. The highest BCUT2D eigenvalue weighted by Gasteiger charge is 2.16. The Morgan fingerprint density at radius 3 is 2.00 bits per heavy atom. The number of carboxylic acid groups (broad SMARTS) is 1. The first-order valence-corrected chi connectivity index (χ1v) is 9.50. The van der Waals surface area contributed by atoms with Crippen molar-refractivity contribution in [3.63, 3.8) is 0 Å². The molecule has 10 heteroatoms. The van der Waals surface area contributed by atoms with Gasteiger partial charge in [-0.1, -0.05) is 12.1 Å². The number of benzene rings is 2. The van der Waals surface area contributed by atoms with Crippen LogP contribution in [0.15, 0.2) is 48.5 Å². The lowest BCUT2D eigenvalue weighted by Gasteiger charge is -2.11. The molecule has 0 unspecified atom stereocenters. The van der Waals surface area contributed by atoms with Crippen LogP contribution in [0.5, 0.6) is 17.2 Å². The van der Waals surface area contributed by atoms with Gasteiger partial charge >= 0.3 is 16.3 Å². The molecule has 0 aliphatic rings. The fraction of sp³-hybridized carbons (Fsp3) is 0.133. The van der Waals surface area contributed by atoms with Crippen LogP contribution in [0.25, 0.3) is 0 Å². The van der Waals surface area contributed by atoms with Gasteiger partial charge in [-0.25, -0.2) is 3.53 Å². The van der Waals surface area contributed by atoms with E-state index >= 15 is 0 Å². The molecule has 1 atom stereocenters. The van der Waals surface area contributed by atoms with Crippen molar-refractivity contribution in [1.82, 2.24) is 3.53 Å². The number of hydrogen-bond donors (Lipinski definition) is 3. The van der Waals surface area contributed by atoms with E-state index in [0.29, 0.717) is 17.9 Å². The number of aliphatic carboxylic acids is 1. The van der Waals surface area contributed by atoms with E-state index in [-0.39, 0.29) is 5.75 Å². The minimum Gasteiger partial charge on any atom is -0.480 e. The monoisotopic (exact) mass is 478 g/mol. The van der Waals surface area contributed by atoms with Crippen molar-refractivity contribution >= 4 is 39.1 Å². The Bertz CT molecular complexity index is 824. The molecule has 0 aliphatic heterocycles. The van der Waals surface area contributed by atoms with Gasteiger partial charge in [-0.3, -0.25) is 4.79 Å². The summed E-state index contributed by atoms with van der Waals surface area (Å²) in [5, 5.41) is 13.8. The Labute approximate surface area is 158 Å². The predicted octanol–water partition coefficient (Wildman–Crippen LogP) is 2.00. The fourth-order valence-electron chi connectivity index (χ4n) is 1.94. The largest absolute Gasteiger partial charge is 0.480 e. The molecule has 0 amide bonds. The molecule has 0 fully saturated rings. The van der Waals surface area contributed by atoms with Gasteiger partial charge in [0.15, 0.2) is 0 Å². The maximum Gasteiger partial charge on any atom is 0.380 e. The average Bonchev–Trinajstić information content (AvgIpc) is 2.54. The third-order valence-corrected chi connectivity index (χ3v) is 4.24. The molecule has 0 heterocycles. The van der Waals surface area contributed by atoms with Gasteiger partial charge in [0, 0.05) is 22.9 Å². The molecule has 2 aromatic carbocycles. The third kappa shape index (κ3) is 6.49. The summed E-state index contributed by atoms with van der Waals surface area (Å²) >= 11 is 1.81. The number of nitrogens with two attached hydrogens (primary N) is 1. The van der Waals surface area contributed by atoms with Crippen molar-refractivity contribution in [2.75, 3.05) is 0 Å². The Morgan fingerprint density at radius 1 is 1.08 bits per heavy atom. The van der Waals surface area contributed by atoms with Gasteiger partial charge in [0.05, 0.1) is 0 Å². The van der Waals surface area contributed by atoms with Crippen molar-refractivity contribution in [3.8, 4) is 17.2 Å². The lowest BCUT2D eigenvalue weighted by Crippen LogP contribution is -2.32. The van der Waals surface area contributed by atoms with E-state index < -0.39 is 22.3 Å². The zero-order valence-corrected chi connectivity index (χ0v) is 15.7. The van der Waals surface area contributed by atoms with E-state index in [1.54, 1.807) is 24.3 Å². The molecule has 0 bridgehead atoms. The van der Waals surface area contributed by atoms with Crippen LogP contribution >= 0.6 is 22.9 Å². The quantitative estimate of drug-likeness (QED) is 0.391. The van der Waals surface area contributed by atoms with E-state index in [9.17, 15) is 13.2 Å². The molecule has 2 rings (SSSR count). The van der Waals surface area contributed by atoms with E-state index in [4.69, 9.17) is 15.0 Å². The smallest absolute Gasteiger partial charge is 0.380 e. The Hall–Kier alpha value is -1.89. The van der Waals surface area contributed by atoms with Crippen LogP contribution in [0.3, 0.4) is 0 Å². The number of hydrogen-bond acceptors (Lipinski definition) is 6. The molecule has 0 saturated carbocycles. The molecule has 0 spiro atoms. The molecule has 0 aromatic heterocycles. The molecular formula is C15H15IN2O6S. The van der Waals surface area contributed by atoms with Crippen LogP contribution in [0.1, 0.15) is 5.56 Å². The van der Waals surface area contributed by atoms with Gasteiger partial charge in [0.1, 0.15) is 23.3 Å². The predicted molar refractivity (Wildman–Crippen MR) is 99.0 cm³/mol. The van der Waals surface area contributed by atoms with Crippen LogP contribution < -0.4 is 17.6 Å². The Morgan fingerprint density at radius 2 is 1.56 bits per heavy atom. The van der Waals surface area contributed by atoms with Gasteiger partial charge in [0.25, 0.3) is 0 Å². The summed E-state index contributed by atoms with van der Waals surface area (Å²) in [4.78, 5) is 11.0. The highest BCUT2D eigenvalue weighted by atomic mass is 127. The van der Waals surface area contributed by atoms with Crippen molar-refractivity contribution in [1.29, 1.82) is 0 Å². The average molecular weight is 478 g/mol. The number of rotatable bonds is 8. The van der Waals surface area contributed by atoms with Crippen LogP contribution in [0.2, 0.25) is 0 Å². The van der Waals surface area contributed by atoms with Gasteiger partial charge in [-0.15, -0.1) is 0 Å². The maximum atomic E-state index is 11.0. The first-order chi connectivity index (χ1) is 11.8. The number of carbonyl (C=O) groups is 1. The van der Waals surface area contributed by atoms with Crippen LogP contribution in [0, 0.1) is 0 Å². The zero-order chi connectivity index (χ0) is 18.4. The molecule has 2 aromatic rings. The maximum absolute atomic E-state index is 11.0. The summed E-state index contributed by atoms with van der Waals surface area (Å²) in [6.07, 6.45) is 0.345. The summed E-state index contributed by atoms with van der Waals surface area (Å²) < 4.78 is 34.5. The molecule has 8 nitrogen and oxygen atoms in total. The lowest BCUT2D eigenvalue weighted by atomic mass is 10.1.